The molecule has 0 radical (unpaired) electrons. The maximum atomic E-state index is 11.3. The van der Waals surface area contributed by atoms with E-state index in [9.17, 15) is 9.59 Å². The second-order valence-electron chi connectivity index (χ2n) is 3.13. The predicted octanol–water partition coefficient (Wildman–Crippen LogP) is 0.312. The van der Waals surface area contributed by atoms with Crippen LogP contribution in [0.3, 0.4) is 0 Å². The SMILES string of the molecule is NC(=O)OC1CCN(C(=O)CCCl)C1. The van der Waals surface area contributed by atoms with E-state index >= 15 is 0 Å². The first-order valence-electron chi connectivity index (χ1n) is 4.43. The summed E-state index contributed by atoms with van der Waals surface area (Å²) in [6, 6.07) is 0. The average molecular weight is 221 g/mol. The zero-order chi connectivity index (χ0) is 10.6. The molecule has 0 aromatic heterocycles. The molecule has 6 heteroatoms. The fourth-order valence-electron chi connectivity index (χ4n) is 1.45. The highest BCUT2D eigenvalue weighted by atomic mass is 35.5. The van der Waals surface area contributed by atoms with Gasteiger partial charge in [0, 0.05) is 25.3 Å². The van der Waals surface area contributed by atoms with Gasteiger partial charge in [-0.1, -0.05) is 0 Å². The summed E-state index contributed by atoms with van der Waals surface area (Å²) in [6.07, 6.45) is -0.0737. The van der Waals surface area contributed by atoms with E-state index in [1.165, 1.54) is 0 Å². The zero-order valence-electron chi connectivity index (χ0n) is 7.74. The second kappa shape index (κ2) is 5.05. The molecule has 1 rings (SSSR count). The summed E-state index contributed by atoms with van der Waals surface area (Å²) in [6.45, 7) is 1.03. The molecule has 2 N–H and O–H groups in total. The Bertz CT molecular complexity index is 235. The van der Waals surface area contributed by atoms with E-state index in [0.717, 1.165) is 0 Å². The van der Waals surface area contributed by atoms with Crippen molar-refractivity contribution in [2.24, 2.45) is 5.73 Å². The topological polar surface area (TPSA) is 72.6 Å². The van der Waals surface area contributed by atoms with Crippen molar-refractivity contribution in [3.8, 4) is 0 Å². The summed E-state index contributed by atoms with van der Waals surface area (Å²) < 4.78 is 4.78. The number of nitrogens with zero attached hydrogens (tertiary/aromatic N) is 1. The van der Waals surface area contributed by atoms with Gasteiger partial charge in [0.05, 0.1) is 6.54 Å². The summed E-state index contributed by atoms with van der Waals surface area (Å²) >= 11 is 5.44. The first-order valence-corrected chi connectivity index (χ1v) is 4.96. The lowest BCUT2D eigenvalue weighted by Gasteiger charge is -2.15. The molecule has 1 saturated heterocycles. The van der Waals surface area contributed by atoms with Crippen LogP contribution in [0.5, 0.6) is 0 Å². The fraction of sp³-hybridized carbons (Fsp3) is 0.750. The molecule has 2 amide bonds. The van der Waals surface area contributed by atoms with Crippen LogP contribution in [-0.4, -0.2) is 42.0 Å². The number of halogens is 1. The van der Waals surface area contributed by atoms with Crippen LogP contribution in [0.4, 0.5) is 4.79 Å². The van der Waals surface area contributed by atoms with Gasteiger partial charge in [-0.2, -0.15) is 0 Å². The van der Waals surface area contributed by atoms with Gasteiger partial charge in [0.15, 0.2) is 0 Å². The fourth-order valence-corrected chi connectivity index (χ4v) is 1.62. The largest absolute Gasteiger partial charge is 0.444 e. The molecule has 1 aliphatic heterocycles. The van der Waals surface area contributed by atoms with Crippen molar-refractivity contribution in [1.29, 1.82) is 0 Å². The number of carbonyl (C=O) groups excluding carboxylic acids is 2. The first-order chi connectivity index (χ1) is 6.63. The second-order valence-corrected chi connectivity index (χ2v) is 3.50. The van der Waals surface area contributed by atoms with Gasteiger partial charge in [-0.25, -0.2) is 4.79 Å². The number of rotatable bonds is 3. The van der Waals surface area contributed by atoms with E-state index < -0.39 is 6.09 Å². The van der Waals surface area contributed by atoms with Crippen molar-refractivity contribution >= 4 is 23.6 Å². The Morgan fingerprint density at radius 1 is 1.57 bits per heavy atom. The summed E-state index contributed by atoms with van der Waals surface area (Å²) in [5.74, 6) is 0.312. The van der Waals surface area contributed by atoms with Gasteiger partial charge in [-0.15, -0.1) is 11.6 Å². The summed E-state index contributed by atoms with van der Waals surface area (Å²) in [7, 11) is 0. The van der Waals surface area contributed by atoms with E-state index in [0.29, 0.717) is 31.8 Å². The number of primary amides is 1. The van der Waals surface area contributed by atoms with Crippen LogP contribution >= 0.6 is 11.6 Å². The van der Waals surface area contributed by atoms with Gasteiger partial charge in [0.1, 0.15) is 6.10 Å². The van der Waals surface area contributed by atoms with Crippen LogP contribution in [0.15, 0.2) is 0 Å². The molecular weight excluding hydrogens is 208 g/mol. The van der Waals surface area contributed by atoms with Gasteiger partial charge in [0.2, 0.25) is 5.91 Å². The molecule has 0 saturated carbocycles. The normalized spacial score (nSPS) is 20.9. The average Bonchev–Trinajstić information content (AvgIpc) is 2.52. The highest BCUT2D eigenvalue weighted by molar-refractivity contribution is 6.18. The molecule has 0 bridgehead atoms. The lowest BCUT2D eigenvalue weighted by Crippen LogP contribution is -2.31. The predicted molar refractivity (Wildman–Crippen MR) is 51.0 cm³/mol. The number of hydrogen-bond acceptors (Lipinski definition) is 3. The Hall–Kier alpha value is -0.970. The van der Waals surface area contributed by atoms with Crippen molar-refractivity contribution in [3.05, 3.63) is 0 Å². The standard InChI is InChI=1S/C8H13ClN2O3/c9-3-1-7(12)11-4-2-6(5-11)14-8(10)13/h6H,1-5H2,(H2,10,13). The molecule has 0 aromatic carbocycles. The number of nitrogens with two attached hydrogens (primary N) is 1. The smallest absolute Gasteiger partial charge is 0.404 e. The third-order valence-electron chi connectivity index (χ3n) is 2.09. The first kappa shape index (κ1) is 11.1. The van der Waals surface area contributed by atoms with Gasteiger partial charge >= 0.3 is 6.09 Å². The summed E-state index contributed by atoms with van der Waals surface area (Å²) in [5.41, 5.74) is 4.87. The number of likely N-dealkylation sites (tertiary alicyclic amines) is 1. The molecular formula is C8H13ClN2O3. The molecule has 1 heterocycles. The van der Waals surface area contributed by atoms with Crippen LogP contribution < -0.4 is 5.73 Å². The number of alkyl halides is 1. The molecule has 0 aromatic rings. The molecule has 1 atom stereocenters. The van der Waals surface area contributed by atoms with Crippen molar-refractivity contribution < 1.29 is 14.3 Å². The molecule has 1 aliphatic rings. The Morgan fingerprint density at radius 3 is 2.86 bits per heavy atom. The van der Waals surface area contributed by atoms with Crippen molar-refractivity contribution in [2.45, 2.75) is 18.9 Å². The van der Waals surface area contributed by atoms with Gasteiger partial charge in [-0.3, -0.25) is 4.79 Å². The molecule has 1 fully saturated rings. The van der Waals surface area contributed by atoms with Crippen molar-refractivity contribution in [3.63, 3.8) is 0 Å². The van der Waals surface area contributed by atoms with Gasteiger partial charge in [0.25, 0.3) is 0 Å². The monoisotopic (exact) mass is 220 g/mol. The van der Waals surface area contributed by atoms with Gasteiger partial charge < -0.3 is 15.4 Å². The minimum absolute atomic E-state index is 0.00410. The molecule has 14 heavy (non-hydrogen) atoms. The molecule has 80 valence electrons. The number of amides is 2. The lowest BCUT2D eigenvalue weighted by molar-refractivity contribution is -0.130. The molecule has 1 unspecified atom stereocenters. The van der Waals surface area contributed by atoms with E-state index in [2.05, 4.69) is 0 Å². The number of ether oxygens (including phenoxy) is 1. The third kappa shape index (κ3) is 3.06. The Morgan fingerprint density at radius 2 is 2.29 bits per heavy atom. The van der Waals surface area contributed by atoms with Crippen LogP contribution in [0.2, 0.25) is 0 Å². The Kier molecular flexibility index (Phi) is 4.00. The van der Waals surface area contributed by atoms with Crippen molar-refractivity contribution in [1.82, 2.24) is 4.90 Å². The Balaban J connectivity index is 2.33. The van der Waals surface area contributed by atoms with Crippen molar-refractivity contribution in [2.75, 3.05) is 19.0 Å². The molecule has 0 aliphatic carbocycles. The quantitative estimate of drug-likeness (QED) is 0.696. The summed E-state index contributed by atoms with van der Waals surface area (Å²) in [4.78, 5) is 23.4. The van der Waals surface area contributed by atoms with Gasteiger partial charge in [-0.05, 0) is 0 Å². The maximum absolute atomic E-state index is 11.3. The highest BCUT2D eigenvalue weighted by Crippen LogP contribution is 2.13. The minimum atomic E-state index is -0.790. The van der Waals surface area contributed by atoms with E-state index in [4.69, 9.17) is 22.1 Å². The van der Waals surface area contributed by atoms with Crippen LogP contribution in [0.1, 0.15) is 12.8 Å². The number of hydrogen-bond donors (Lipinski definition) is 1. The molecule has 5 nitrogen and oxygen atoms in total. The van der Waals surface area contributed by atoms with E-state index in [1.54, 1.807) is 4.90 Å². The zero-order valence-corrected chi connectivity index (χ0v) is 8.50. The summed E-state index contributed by atoms with van der Waals surface area (Å²) in [5, 5.41) is 0. The van der Waals surface area contributed by atoms with E-state index in [1.807, 2.05) is 0 Å². The molecule has 0 spiro atoms. The van der Waals surface area contributed by atoms with Crippen LogP contribution in [-0.2, 0) is 9.53 Å². The minimum Gasteiger partial charge on any atom is -0.444 e. The van der Waals surface area contributed by atoms with Crippen LogP contribution in [0.25, 0.3) is 0 Å². The third-order valence-corrected chi connectivity index (χ3v) is 2.28. The number of carbonyl (C=O) groups is 2. The highest BCUT2D eigenvalue weighted by Gasteiger charge is 2.27. The Labute approximate surface area is 87.1 Å². The maximum Gasteiger partial charge on any atom is 0.404 e. The lowest BCUT2D eigenvalue weighted by atomic mass is 10.3. The van der Waals surface area contributed by atoms with E-state index in [-0.39, 0.29) is 12.0 Å². The van der Waals surface area contributed by atoms with Crippen LogP contribution in [0, 0.1) is 0 Å².